The zero-order valence-electron chi connectivity index (χ0n) is 12.7. The maximum Gasteiger partial charge on any atom is 0.245 e. The number of nitrogens with one attached hydrogen (secondary N) is 1. The van der Waals surface area contributed by atoms with E-state index in [1.165, 1.54) is 11.3 Å². The Balaban J connectivity index is 2.68. The number of hydrogen-bond donors (Lipinski definition) is 1. The monoisotopic (exact) mass is 331 g/mol. The maximum atomic E-state index is 12.5. The highest BCUT2D eigenvalue weighted by molar-refractivity contribution is 7.13. The minimum Gasteiger partial charge on any atom is -0.333 e. The van der Waals surface area contributed by atoms with Gasteiger partial charge in [-0.3, -0.25) is 9.59 Å². The van der Waals surface area contributed by atoms with Gasteiger partial charge in [-0.15, -0.1) is 22.9 Å². The topological polar surface area (TPSA) is 62.3 Å². The number of nitrogens with zero attached hydrogens (tertiary/aromatic N) is 2. The Morgan fingerprint density at radius 1 is 1.48 bits per heavy atom. The number of carbonyl (C=O) groups excluding carboxylic acids is 2. The Kier molecular flexibility index (Phi) is 7.11. The molecule has 0 fully saturated rings. The van der Waals surface area contributed by atoms with Gasteiger partial charge in [0.15, 0.2) is 5.13 Å². The van der Waals surface area contributed by atoms with Crippen LogP contribution in [0.1, 0.15) is 33.6 Å². The summed E-state index contributed by atoms with van der Waals surface area (Å²) in [4.78, 5) is 30.1. The molecule has 0 aliphatic heterocycles. The number of alkyl halides is 1. The van der Waals surface area contributed by atoms with Crippen LogP contribution in [-0.2, 0) is 9.59 Å². The lowest BCUT2D eigenvalue weighted by molar-refractivity contribution is -0.141. The average molecular weight is 332 g/mol. The normalized spacial score (nSPS) is 11.2. The summed E-state index contributed by atoms with van der Waals surface area (Å²) in [5, 5.41) is 5.02. The van der Waals surface area contributed by atoms with Crippen molar-refractivity contribution in [1.82, 2.24) is 9.88 Å². The Hall–Kier alpha value is -1.14. The van der Waals surface area contributed by atoms with Crippen LogP contribution < -0.4 is 5.32 Å². The second kappa shape index (κ2) is 8.34. The number of rotatable bonds is 8. The van der Waals surface area contributed by atoms with Crippen LogP contribution in [0.25, 0.3) is 0 Å². The predicted octanol–water partition coefficient (Wildman–Crippen LogP) is 2.98. The van der Waals surface area contributed by atoms with E-state index in [-0.39, 0.29) is 24.2 Å². The molecular formula is C14H22ClN3O2S. The molecule has 0 bridgehead atoms. The van der Waals surface area contributed by atoms with Gasteiger partial charge in [-0.25, -0.2) is 4.98 Å². The summed E-state index contributed by atoms with van der Waals surface area (Å²) in [6.07, 6.45) is 3.44. The average Bonchev–Trinajstić information content (AvgIpc) is 2.95. The molecule has 0 atom stereocenters. The molecule has 5 nitrogen and oxygen atoms in total. The van der Waals surface area contributed by atoms with E-state index in [2.05, 4.69) is 10.3 Å². The van der Waals surface area contributed by atoms with Crippen molar-refractivity contribution in [3.8, 4) is 0 Å². The molecular weight excluding hydrogens is 310 g/mol. The lowest BCUT2D eigenvalue weighted by atomic mass is 9.94. The Morgan fingerprint density at radius 2 is 2.19 bits per heavy atom. The van der Waals surface area contributed by atoms with Gasteiger partial charge < -0.3 is 10.2 Å². The number of halogens is 1. The van der Waals surface area contributed by atoms with Gasteiger partial charge in [0.05, 0.1) is 12.0 Å². The third kappa shape index (κ3) is 5.63. The minimum atomic E-state index is -0.670. The zero-order valence-corrected chi connectivity index (χ0v) is 14.3. The number of aromatic nitrogens is 1. The van der Waals surface area contributed by atoms with E-state index < -0.39 is 5.41 Å². The zero-order chi connectivity index (χ0) is 15.9. The highest BCUT2D eigenvalue weighted by Crippen LogP contribution is 2.21. The van der Waals surface area contributed by atoms with Crippen LogP contribution in [0.15, 0.2) is 11.6 Å². The summed E-state index contributed by atoms with van der Waals surface area (Å²) in [5.74, 6) is -0.109. The standard InChI is InChI=1S/C14H22ClN3O2S/c1-4-5-7-18(12(20)14(2,3)10-15)9-11(19)17-13-16-6-8-21-13/h6,8H,4-5,7,9-10H2,1-3H3,(H,16,17,19). The molecule has 1 rings (SSSR count). The molecule has 1 heterocycles. The molecule has 0 aliphatic rings. The highest BCUT2D eigenvalue weighted by Gasteiger charge is 2.31. The fourth-order valence-corrected chi connectivity index (χ4v) is 2.36. The van der Waals surface area contributed by atoms with E-state index in [9.17, 15) is 9.59 Å². The molecule has 0 saturated carbocycles. The van der Waals surface area contributed by atoms with E-state index >= 15 is 0 Å². The highest BCUT2D eigenvalue weighted by atomic mass is 35.5. The third-order valence-electron chi connectivity index (χ3n) is 2.99. The lowest BCUT2D eigenvalue weighted by Crippen LogP contribution is -2.45. The van der Waals surface area contributed by atoms with Gasteiger partial charge >= 0.3 is 0 Å². The first-order valence-corrected chi connectivity index (χ1v) is 8.36. The molecule has 1 aromatic rings. The first-order valence-electron chi connectivity index (χ1n) is 6.95. The smallest absolute Gasteiger partial charge is 0.245 e. The molecule has 118 valence electrons. The molecule has 21 heavy (non-hydrogen) atoms. The maximum absolute atomic E-state index is 12.5. The molecule has 0 aromatic carbocycles. The Bertz CT molecular complexity index is 463. The predicted molar refractivity (Wildman–Crippen MR) is 86.7 cm³/mol. The van der Waals surface area contributed by atoms with Crippen LogP contribution in [0.5, 0.6) is 0 Å². The van der Waals surface area contributed by atoms with E-state index in [4.69, 9.17) is 11.6 Å². The quantitative estimate of drug-likeness (QED) is 0.745. The molecule has 0 unspecified atom stereocenters. The van der Waals surface area contributed by atoms with Crippen LogP contribution in [0.2, 0.25) is 0 Å². The van der Waals surface area contributed by atoms with Crippen molar-refractivity contribution in [2.45, 2.75) is 33.6 Å². The van der Waals surface area contributed by atoms with Crippen LogP contribution in [0, 0.1) is 5.41 Å². The second-order valence-electron chi connectivity index (χ2n) is 5.48. The van der Waals surface area contributed by atoms with Crippen molar-refractivity contribution in [3.63, 3.8) is 0 Å². The van der Waals surface area contributed by atoms with Crippen LogP contribution in [0.3, 0.4) is 0 Å². The van der Waals surface area contributed by atoms with Crippen molar-refractivity contribution >= 4 is 39.9 Å². The van der Waals surface area contributed by atoms with E-state index in [0.29, 0.717) is 11.7 Å². The van der Waals surface area contributed by atoms with Gasteiger partial charge in [-0.05, 0) is 20.3 Å². The van der Waals surface area contributed by atoms with Gasteiger partial charge in [0, 0.05) is 24.0 Å². The van der Waals surface area contributed by atoms with Crippen molar-refractivity contribution < 1.29 is 9.59 Å². The Labute approximate surface area is 134 Å². The van der Waals surface area contributed by atoms with Crippen molar-refractivity contribution in [2.24, 2.45) is 5.41 Å². The fraction of sp³-hybridized carbons (Fsp3) is 0.643. The van der Waals surface area contributed by atoms with E-state index in [1.54, 1.807) is 30.3 Å². The first kappa shape index (κ1) is 17.9. The van der Waals surface area contributed by atoms with Crippen LogP contribution >= 0.6 is 22.9 Å². The molecule has 7 heteroatoms. The van der Waals surface area contributed by atoms with Gasteiger partial charge in [-0.1, -0.05) is 13.3 Å². The molecule has 0 aliphatic carbocycles. The fourth-order valence-electron chi connectivity index (χ4n) is 1.70. The van der Waals surface area contributed by atoms with E-state index in [1.807, 2.05) is 6.92 Å². The molecule has 0 radical (unpaired) electrons. The van der Waals surface area contributed by atoms with Gasteiger partial charge in [0.25, 0.3) is 0 Å². The molecule has 0 spiro atoms. The number of amides is 2. The molecule has 0 saturated heterocycles. The summed E-state index contributed by atoms with van der Waals surface area (Å²) in [5.41, 5.74) is -0.670. The molecule has 2 amide bonds. The molecule has 1 aromatic heterocycles. The largest absolute Gasteiger partial charge is 0.333 e. The van der Waals surface area contributed by atoms with Gasteiger partial charge in [0.1, 0.15) is 0 Å². The third-order valence-corrected chi connectivity index (χ3v) is 4.35. The van der Waals surface area contributed by atoms with Crippen molar-refractivity contribution in [3.05, 3.63) is 11.6 Å². The number of thiazole rings is 1. The van der Waals surface area contributed by atoms with Crippen molar-refractivity contribution in [2.75, 3.05) is 24.3 Å². The summed E-state index contributed by atoms with van der Waals surface area (Å²) in [7, 11) is 0. The van der Waals surface area contributed by atoms with Gasteiger partial charge in [-0.2, -0.15) is 0 Å². The van der Waals surface area contributed by atoms with Crippen molar-refractivity contribution in [1.29, 1.82) is 0 Å². The van der Waals surface area contributed by atoms with Gasteiger partial charge in [0.2, 0.25) is 11.8 Å². The summed E-state index contributed by atoms with van der Waals surface area (Å²) in [6, 6.07) is 0. The summed E-state index contributed by atoms with van der Waals surface area (Å²) < 4.78 is 0. The summed E-state index contributed by atoms with van der Waals surface area (Å²) >= 11 is 7.21. The lowest BCUT2D eigenvalue weighted by Gasteiger charge is -2.30. The van der Waals surface area contributed by atoms with E-state index in [0.717, 1.165) is 12.8 Å². The number of unbranched alkanes of at least 4 members (excludes halogenated alkanes) is 1. The second-order valence-corrected chi connectivity index (χ2v) is 6.65. The number of anilines is 1. The number of hydrogen-bond acceptors (Lipinski definition) is 4. The summed E-state index contributed by atoms with van der Waals surface area (Å²) in [6.45, 7) is 6.21. The van der Waals surface area contributed by atoms with Crippen LogP contribution in [-0.4, -0.2) is 40.7 Å². The SMILES string of the molecule is CCCCN(CC(=O)Nc1nccs1)C(=O)C(C)(C)CCl. The van der Waals surface area contributed by atoms with Crippen LogP contribution in [0.4, 0.5) is 5.13 Å². The Morgan fingerprint density at radius 3 is 2.71 bits per heavy atom. The molecule has 1 N–H and O–H groups in total. The minimum absolute atomic E-state index is 0.0265. The number of carbonyl (C=O) groups is 2. The first-order chi connectivity index (χ1) is 9.90.